The zero-order chi connectivity index (χ0) is 28.7. The highest BCUT2D eigenvalue weighted by Crippen LogP contribution is 2.34. The summed E-state index contributed by atoms with van der Waals surface area (Å²) in [5.41, 5.74) is 2.98. The quantitative estimate of drug-likeness (QED) is 0.0970. The molecule has 0 bridgehead atoms. The Morgan fingerprint density at radius 3 is 2.33 bits per heavy atom. The SMILES string of the molecule is CC(=O)c1ccc(NC(=O)O[C@H](c2ccccc2OCCO)[C@@H](CC/C=C/C(=O)NO)Oc2ccccc2)cc1. The average molecular weight is 549 g/mol. The molecule has 0 aliphatic rings. The summed E-state index contributed by atoms with van der Waals surface area (Å²) in [6, 6.07) is 22.4. The fourth-order valence-corrected chi connectivity index (χ4v) is 3.83. The second-order valence-corrected chi connectivity index (χ2v) is 8.62. The molecule has 3 rings (SSSR count). The predicted molar refractivity (Wildman–Crippen MR) is 147 cm³/mol. The van der Waals surface area contributed by atoms with Crippen molar-refractivity contribution in [2.45, 2.75) is 32.0 Å². The number of nitrogens with one attached hydrogen (secondary N) is 2. The summed E-state index contributed by atoms with van der Waals surface area (Å²) in [5.74, 6) is 0.163. The number of ketones is 1. The van der Waals surface area contributed by atoms with Gasteiger partial charge in [0.2, 0.25) is 0 Å². The van der Waals surface area contributed by atoms with E-state index in [9.17, 15) is 19.5 Å². The predicted octanol–water partition coefficient (Wildman–Crippen LogP) is 4.84. The molecule has 0 fully saturated rings. The first-order valence-corrected chi connectivity index (χ1v) is 12.6. The maximum absolute atomic E-state index is 13.1. The van der Waals surface area contributed by atoms with Crippen LogP contribution in [0.25, 0.3) is 0 Å². The highest BCUT2D eigenvalue weighted by molar-refractivity contribution is 5.95. The number of benzene rings is 3. The van der Waals surface area contributed by atoms with Gasteiger partial charge in [-0.05, 0) is 62.2 Å². The number of hydrogen-bond donors (Lipinski definition) is 4. The molecule has 0 aliphatic carbocycles. The Labute approximate surface area is 232 Å². The number of para-hydroxylation sites is 2. The van der Waals surface area contributed by atoms with E-state index >= 15 is 0 Å². The first-order chi connectivity index (χ1) is 19.4. The second kappa shape index (κ2) is 15.7. The number of ether oxygens (including phenoxy) is 3. The number of rotatable bonds is 14. The number of aliphatic hydroxyl groups is 1. The van der Waals surface area contributed by atoms with Gasteiger partial charge in [-0.2, -0.15) is 0 Å². The highest BCUT2D eigenvalue weighted by atomic mass is 16.6. The van der Waals surface area contributed by atoms with Crippen molar-refractivity contribution in [3.8, 4) is 11.5 Å². The Balaban J connectivity index is 1.93. The number of carbonyl (C=O) groups is 3. The van der Waals surface area contributed by atoms with Crippen LogP contribution < -0.4 is 20.3 Å². The summed E-state index contributed by atoms with van der Waals surface area (Å²) in [4.78, 5) is 36.1. The van der Waals surface area contributed by atoms with Crippen molar-refractivity contribution in [1.82, 2.24) is 5.48 Å². The fourth-order valence-electron chi connectivity index (χ4n) is 3.83. The fraction of sp³-hybridized carbons (Fsp3) is 0.233. The monoisotopic (exact) mass is 548 g/mol. The smallest absolute Gasteiger partial charge is 0.412 e. The highest BCUT2D eigenvalue weighted by Gasteiger charge is 2.31. The number of aliphatic hydroxyl groups excluding tert-OH is 1. The van der Waals surface area contributed by atoms with Crippen LogP contribution in [0.3, 0.4) is 0 Å². The lowest BCUT2D eigenvalue weighted by atomic mass is 9.99. The summed E-state index contributed by atoms with van der Waals surface area (Å²) < 4.78 is 18.0. The van der Waals surface area contributed by atoms with E-state index in [1.807, 2.05) is 18.2 Å². The zero-order valence-corrected chi connectivity index (χ0v) is 22.0. The van der Waals surface area contributed by atoms with Crippen molar-refractivity contribution in [3.05, 3.63) is 102 Å². The molecule has 2 atom stereocenters. The van der Waals surface area contributed by atoms with Crippen molar-refractivity contribution >= 4 is 23.5 Å². The van der Waals surface area contributed by atoms with Crippen LogP contribution in [0.15, 0.2) is 91.0 Å². The summed E-state index contributed by atoms with van der Waals surface area (Å²) in [6.45, 7) is 1.27. The molecule has 0 saturated carbocycles. The Morgan fingerprint density at radius 2 is 1.65 bits per heavy atom. The molecule has 0 spiro atoms. The molecule has 0 heterocycles. The number of anilines is 1. The minimum atomic E-state index is -0.980. The molecular weight excluding hydrogens is 516 g/mol. The Morgan fingerprint density at radius 1 is 0.950 bits per heavy atom. The van der Waals surface area contributed by atoms with Crippen LogP contribution in [-0.4, -0.2) is 47.4 Å². The standard InChI is InChI=1S/C30H32N2O8/c1-21(34)22-15-17-23(18-16-22)31-30(36)40-29(25-11-5-6-12-26(25)38-20-19-33)27(13-7-8-14-28(35)32-37)39-24-9-3-2-4-10-24/h2-6,8-12,14-18,27,29,33,37H,7,13,19-20H2,1H3,(H,31,36)(H,32,35)/b14-8+/t27-,29-/m1/s1. The van der Waals surface area contributed by atoms with Gasteiger partial charge in [-0.15, -0.1) is 0 Å². The number of hydrogen-bond acceptors (Lipinski definition) is 8. The molecule has 10 nitrogen and oxygen atoms in total. The maximum atomic E-state index is 13.1. The molecule has 40 heavy (non-hydrogen) atoms. The molecule has 10 heteroatoms. The van der Waals surface area contributed by atoms with Gasteiger partial charge in [-0.3, -0.25) is 20.1 Å². The van der Waals surface area contributed by atoms with Gasteiger partial charge in [0.25, 0.3) is 5.91 Å². The Bertz CT molecular complexity index is 1280. The Kier molecular flexibility index (Phi) is 11.7. The van der Waals surface area contributed by atoms with Crippen molar-refractivity contribution in [1.29, 1.82) is 0 Å². The third-order valence-corrected chi connectivity index (χ3v) is 5.71. The molecule has 3 aromatic carbocycles. The normalized spacial score (nSPS) is 12.3. The second-order valence-electron chi connectivity index (χ2n) is 8.62. The molecule has 0 aliphatic heterocycles. The number of carbonyl (C=O) groups excluding carboxylic acids is 3. The van der Waals surface area contributed by atoms with Crippen LogP contribution in [0.5, 0.6) is 11.5 Å². The van der Waals surface area contributed by atoms with Crippen LogP contribution in [0.4, 0.5) is 10.5 Å². The van der Waals surface area contributed by atoms with Gasteiger partial charge in [0.1, 0.15) is 24.2 Å². The summed E-state index contributed by atoms with van der Waals surface area (Å²) in [5, 5.41) is 20.7. The lowest BCUT2D eigenvalue weighted by Gasteiger charge is -2.29. The van der Waals surface area contributed by atoms with E-state index in [4.69, 9.17) is 19.4 Å². The molecule has 2 amide bonds. The maximum Gasteiger partial charge on any atom is 0.412 e. The van der Waals surface area contributed by atoms with E-state index in [1.165, 1.54) is 18.5 Å². The van der Waals surface area contributed by atoms with Crippen molar-refractivity contribution in [2.75, 3.05) is 18.5 Å². The lowest BCUT2D eigenvalue weighted by molar-refractivity contribution is -0.124. The van der Waals surface area contributed by atoms with Gasteiger partial charge in [-0.25, -0.2) is 10.3 Å². The van der Waals surface area contributed by atoms with Gasteiger partial charge in [-0.1, -0.05) is 42.5 Å². The first kappa shape index (κ1) is 29.9. The molecule has 3 aromatic rings. The van der Waals surface area contributed by atoms with Crippen LogP contribution in [0, 0.1) is 0 Å². The number of allylic oxidation sites excluding steroid dienone is 1. The van der Waals surface area contributed by atoms with Gasteiger partial charge in [0.05, 0.1) is 6.61 Å². The van der Waals surface area contributed by atoms with Gasteiger partial charge >= 0.3 is 6.09 Å². The summed E-state index contributed by atoms with van der Waals surface area (Å²) in [7, 11) is 0. The average Bonchev–Trinajstić information content (AvgIpc) is 2.97. The first-order valence-electron chi connectivity index (χ1n) is 12.6. The minimum absolute atomic E-state index is 0.0294. The molecule has 0 unspecified atom stereocenters. The molecular formula is C30H32N2O8. The van der Waals surface area contributed by atoms with Crippen LogP contribution in [0.1, 0.15) is 41.8 Å². The lowest BCUT2D eigenvalue weighted by Crippen LogP contribution is -2.31. The van der Waals surface area contributed by atoms with Crippen molar-refractivity contribution < 1.29 is 38.9 Å². The molecule has 0 saturated heterocycles. The van der Waals surface area contributed by atoms with Crippen molar-refractivity contribution in [2.24, 2.45) is 0 Å². The van der Waals surface area contributed by atoms with E-state index in [2.05, 4.69) is 5.32 Å². The summed E-state index contributed by atoms with van der Waals surface area (Å²) >= 11 is 0. The van der Waals surface area contributed by atoms with Gasteiger partial charge in [0, 0.05) is 22.9 Å². The van der Waals surface area contributed by atoms with Crippen molar-refractivity contribution in [3.63, 3.8) is 0 Å². The molecule has 210 valence electrons. The van der Waals surface area contributed by atoms with Crippen LogP contribution in [-0.2, 0) is 9.53 Å². The van der Waals surface area contributed by atoms with E-state index in [-0.39, 0.29) is 19.0 Å². The van der Waals surface area contributed by atoms with Crippen LogP contribution in [0.2, 0.25) is 0 Å². The number of Topliss-reactive ketones (excluding diaryl/α,β-unsaturated/α-hetero) is 1. The van der Waals surface area contributed by atoms with E-state index in [0.717, 1.165) is 0 Å². The van der Waals surface area contributed by atoms with E-state index in [1.54, 1.807) is 66.7 Å². The molecule has 0 aromatic heterocycles. The van der Waals surface area contributed by atoms with Crippen LogP contribution >= 0.6 is 0 Å². The number of hydroxylamine groups is 1. The number of amides is 2. The van der Waals surface area contributed by atoms with Gasteiger partial charge < -0.3 is 19.3 Å². The Hall–Kier alpha value is -4.67. The third kappa shape index (κ3) is 9.26. The molecule has 0 radical (unpaired) electrons. The van der Waals surface area contributed by atoms with E-state index < -0.39 is 24.2 Å². The summed E-state index contributed by atoms with van der Waals surface area (Å²) in [6.07, 6.45) is 0.914. The third-order valence-electron chi connectivity index (χ3n) is 5.71. The molecule has 4 N–H and O–H groups in total. The van der Waals surface area contributed by atoms with E-state index in [0.29, 0.717) is 41.2 Å². The topological polar surface area (TPSA) is 143 Å². The zero-order valence-electron chi connectivity index (χ0n) is 22.0. The van der Waals surface area contributed by atoms with Gasteiger partial charge in [0.15, 0.2) is 11.9 Å². The minimum Gasteiger partial charge on any atom is -0.491 e. The largest absolute Gasteiger partial charge is 0.491 e.